The fourth-order valence-electron chi connectivity index (χ4n) is 6.10. The van der Waals surface area contributed by atoms with E-state index in [4.69, 9.17) is 9.84 Å². The van der Waals surface area contributed by atoms with Gasteiger partial charge in [-0.1, -0.05) is 0 Å². The van der Waals surface area contributed by atoms with Crippen molar-refractivity contribution in [3.8, 4) is 17.2 Å². The van der Waals surface area contributed by atoms with Crippen molar-refractivity contribution in [2.24, 2.45) is 7.05 Å². The number of hydrogen-bond acceptors (Lipinski definition) is 7. The summed E-state index contributed by atoms with van der Waals surface area (Å²) in [7, 11) is 5.65. The number of aryl methyl sites for hydroxylation is 1. The van der Waals surface area contributed by atoms with Gasteiger partial charge in [0.25, 0.3) is 0 Å². The van der Waals surface area contributed by atoms with Gasteiger partial charge in [0, 0.05) is 88.5 Å². The van der Waals surface area contributed by atoms with Crippen LogP contribution in [-0.2, 0) is 24.8 Å². The molecule has 0 spiro atoms. The Kier molecular flexibility index (Phi) is 6.43. The summed E-state index contributed by atoms with van der Waals surface area (Å²) in [5.41, 5.74) is 6.67. The summed E-state index contributed by atoms with van der Waals surface area (Å²) in [4.78, 5) is 19.0. The number of urea groups is 1. The third kappa shape index (κ3) is 4.29. The zero-order valence-electron chi connectivity index (χ0n) is 23.0. The molecule has 1 unspecified atom stereocenters. The Morgan fingerprint density at radius 1 is 1.21 bits per heavy atom. The third-order valence-electron chi connectivity index (χ3n) is 8.39. The zero-order chi connectivity index (χ0) is 27.3. The number of rotatable bonds is 3. The predicted octanol–water partition coefficient (Wildman–Crippen LogP) is 3.18. The fourth-order valence-corrected chi connectivity index (χ4v) is 6.10. The molecule has 0 saturated carbocycles. The van der Waals surface area contributed by atoms with E-state index in [-0.39, 0.29) is 18.1 Å². The van der Waals surface area contributed by atoms with Gasteiger partial charge in [0.1, 0.15) is 0 Å². The van der Waals surface area contributed by atoms with Gasteiger partial charge in [0.2, 0.25) is 0 Å². The van der Waals surface area contributed by atoms with E-state index in [1.807, 2.05) is 24.2 Å². The number of anilines is 3. The van der Waals surface area contributed by atoms with Gasteiger partial charge in [-0.05, 0) is 31.9 Å². The van der Waals surface area contributed by atoms with Crippen molar-refractivity contribution in [1.82, 2.24) is 29.8 Å². The molecule has 0 aliphatic carbocycles. The summed E-state index contributed by atoms with van der Waals surface area (Å²) >= 11 is 0. The summed E-state index contributed by atoms with van der Waals surface area (Å²) in [6.45, 7) is 5.55. The Morgan fingerprint density at radius 3 is 2.69 bits per heavy atom. The lowest BCUT2D eigenvalue weighted by Gasteiger charge is -2.41. The number of nitrogens with zero attached hydrogens (tertiary/aromatic N) is 8. The average molecular weight is 530 g/mol. The van der Waals surface area contributed by atoms with E-state index < -0.39 is 0 Å². The van der Waals surface area contributed by atoms with E-state index in [1.54, 1.807) is 17.9 Å². The van der Waals surface area contributed by atoms with Crippen LogP contribution in [0.1, 0.15) is 42.6 Å². The number of likely N-dealkylation sites (N-methyl/N-ethyl adjacent to an activating group) is 1. The highest BCUT2D eigenvalue weighted by Crippen LogP contribution is 2.45. The molecule has 5 heterocycles. The maximum atomic E-state index is 12.6. The molecule has 11 nitrogen and oxygen atoms in total. The smallest absolute Gasteiger partial charge is 0.317 e. The van der Waals surface area contributed by atoms with Crippen LogP contribution in [0.2, 0.25) is 0 Å². The molecule has 11 heteroatoms. The van der Waals surface area contributed by atoms with Crippen molar-refractivity contribution in [1.29, 1.82) is 5.26 Å². The minimum atomic E-state index is -0.0783. The lowest BCUT2D eigenvalue weighted by atomic mass is 9.97. The number of benzene rings is 1. The molecule has 0 radical (unpaired) electrons. The maximum Gasteiger partial charge on any atom is 0.317 e. The molecule has 2 aromatic heterocycles. The first-order valence-corrected chi connectivity index (χ1v) is 13.6. The van der Waals surface area contributed by atoms with Gasteiger partial charge in [-0.3, -0.25) is 9.36 Å². The number of hydrogen-bond donors (Lipinski definition) is 1. The van der Waals surface area contributed by atoms with Gasteiger partial charge in [-0.15, -0.1) is 0 Å². The molecule has 0 bridgehead atoms. The summed E-state index contributed by atoms with van der Waals surface area (Å²) < 4.78 is 9.61. The highest BCUT2D eigenvalue weighted by molar-refractivity contribution is 5.87. The van der Waals surface area contributed by atoms with Crippen LogP contribution in [0, 0.1) is 11.3 Å². The first-order chi connectivity index (χ1) is 18.9. The molecule has 3 aliphatic heterocycles. The Hall–Kier alpha value is -4.04. The molecule has 1 saturated heterocycles. The standard InChI is InChI=1S/C28H35N9O2/c1-18-15-36(26-11-19(13-29)22(12-25(26)34(18)4)20-14-31-33(3)16-20)27-23-17-35(28(38)30-2)8-5-24(23)37(32-27)21-6-9-39-10-7-21/h11-12,14,16,18,21H,5-10,15,17H2,1-4H3,(H,30,38). The quantitative estimate of drug-likeness (QED) is 0.555. The molecule has 1 aromatic carbocycles. The van der Waals surface area contributed by atoms with E-state index in [9.17, 15) is 10.1 Å². The van der Waals surface area contributed by atoms with Gasteiger partial charge in [-0.25, -0.2) is 4.79 Å². The number of carbonyl (C=O) groups is 1. The van der Waals surface area contributed by atoms with E-state index in [0.717, 1.165) is 72.9 Å². The zero-order valence-corrected chi connectivity index (χ0v) is 23.0. The fraction of sp³-hybridized carbons (Fsp3) is 0.500. The summed E-state index contributed by atoms with van der Waals surface area (Å²) in [5, 5.41) is 22.5. The van der Waals surface area contributed by atoms with Gasteiger partial charge >= 0.3 is 6.03 Å². The van der Waals surface area contributed by atoms with Crippen LogP contribution >= 0.6 is 0 Å². The monoisotopic (exact) mass is 529 g/mol. The normalized spacial score (nSPS) is 19.5. The van der Waals surface area contributed by atoms with Crippen LogP contribution in [0.15, 0.2) is 24.5 Å². The Morgan fingerprint density at radius 2 is 2.00 bits per heavy atom. The highest BCUT2D eigenvalue weighted by Gasteiger charge is 2.36. The summed E-state index contributed by atoms with van der Waals surface area (Å²) in [5.74, 6) is 0.879. The summed E-state index contributed by atoms with van der Waals surface area (Å²) in [6.07, 6.45) is 6.34. The van der Waals surface area contributed by atoms with Crippen molar-refractivity contribution < 1.29 is 9.53 Å². The van der Waals surface area contributed by atoms with E-state index in [1.165, 1.54) is 5.69 Å². The largest absolute Gasteiger partial charge is 0.381 e. The molecule has 1 N–H and O–H groups in total. The van der Waals surface area contributed by atoms with Crippen LogP contribution in [-0.4, -0.2) is 76.9 Å². The SMILES string of the molecule is CNC(=O)N1CCc2c(c(N3CC(C)N(C)c4cc(-c5cnn(C)c5)c(C#N)cc43)nn2C2CCOCC2)C1. The summed E-state index contributed by atoms with van der Waals surface area (Å²) in [6, 6.07) is 6.91. The van der Waals surface area contributed by atoms with Gasteiger partial charge in [-0.2, -0.15) is 15.5 Å². The number of nitrogens with one attached hydrogen (secondary N) is 1. The minimum Gasteiger partial charge on any atom is -0.381 e. The molecular formula is C28H35N9O2. The molecule has 6 rings (SSSR count). The van der Waals surface area contributed by atoms with Crippen LogP contribution in [0.4, 0.5) is 22.0 Å². The van der Waals surface area contributed by atoms with Gasteiger partial charge in [0.05, 0.1) is 41.8 Å². The molecule has 2 amide bonds. The van der Waals surface area contributed by atoms with Crippen molar-refractivity contribution in [3.63, 3.8) is 0 Å². The Bertz CT molecular complexity index is 1450. The van der Waals surface area contributed by atoms with Gasteiger partial charge < -0.3 is 24.8 Å². The van der Waals surface area contributed by atoms with Crippen LogP contribution in [0.3, 0.4) is 0 Å². The minimum absolute atomic E-state index is 0.0783. The van der Waals surface area contributed by atoms with Crippen molar-refractivity contribution in [2.45, 2.75) is 44.8 Å². The molecule has 204 valence electrons. The molecule has 1 fully saturated rings. The first kappa shape index (κ1) is 25.2. The number of aromatic nitrogens is 4. The molecule has 3 aliphatic rings. The molecule has 39 heavy (non-hydrogen) atoms. The van der Waals surface area contributed by atoms with Crippen LogP contribution in [0.25, 0.3) is 11.1 Å². The number of nitriles is 1. The van der Waals surface area contributed by atoms with Crippen molar-refractivity contribution in [3.05, 3.63) is 41.3 Å². The van der Waals surface area contributed by atoms with Crippen LogP contribution in [0.5, 0.6) is 0 Å². The second-order valence-electron chi connectivity index (χ2n) is 10.7. The van der Waals surface area contributed by atoms with Gasteiger partial charge in [0.15, 0.2) is 5.82 Å². The Balaban J connectivity index is 1.50. The lowest BCUT2D eigenvalue weighted by molar-refractivity contribution is 0.0651. The third-order valence-corrected chi connectivity index (χ3v) is 8.39. The van der Waals surface area contributed by atoms with Crippen molar-refractivity contribution in [2.75, 3.05) is 50.2 Å². The second kappa shape index (κ2) is 9.93. The topological polar surface area (TPSA) is 107 Å². The molecular weight excluding hydrogens is 494 g/mol. The number of ether oxygens (including phenoxy) is 1. The molecule has 1 atom stereocenters. The number of amides is 2. The van der Waals surface area contributed by atoms with E-state index in [2.05, 4.69) is 51.0 Å². The number of fused-ring (bicyclic) bond motifs is 2. The second-order valence-corrected chi connectivity index (χ2v) is 10.7. The van der Waals surface area contributed by atoms with Crippen LogP contribution < -0.4 is 15.1 Å². The van der Waals surface area contributed by atoms with E-state index in [0.29, 0.717) is 18.7 Å². The van der Waals surface area contributed by atoms with Crippen molar-refractivity contribution >= 4 is 23.2 Å². The maximum absolute atomic E-state index is 12.6. The predicted molar refractivity (Wildman–Crippen MR) is 148 cm³/mol. The number of carbonyl (C=O) groups excluding carboxylic acids is 1. The highest BCUT2D eigenvalue weighted by atomic mass is 16.5. The average Bonchev–Trinajstić information content (AvgIpc) is 3.57. The lowest BCUT2D eigenvalue weighted by Crippen LogP contribution is -2.45. The van der Waals surface area contributed by atoms with E-state index >= 15 is 0 Å². The first-order valence-electron chi connectivity index (χ1n) is 13.6. The Labute approximate surface area is 228 Å². The molecule has 3 aromatic rings.